The van der Waals surface area contributed by atoms with E-state index < -0.39 is 0 Å². The van der Waals surface area contributed by atoms with Gasteiger partial charge in [0, 0.05) is 0 Å². The van der Waals surface area contributed by atoms with Crippen LogP contribution in [-0.2, 0) is 0 Å². The van der Waals surface area contributed by atoms with Gasteiger partial charge >= 0.3 is 0 Å². The molecule has 0 saturated carbocycles. The van der Waals surface area contributed by atoms with Gasteiger partial charge < -0.3 is 0 Å². The van der Waals surface area contributed by atoms with Crippen molar-refractivity contribution in [1.82, 2.24) is 9.66 Å². The molecule has 0 fully saturated rings. The number of nitrogens with zero attached hydrogens (tertiary/aromatic N) is 2. The Morgan fingerprint density at radius 1 is 1.00 bits per heavy atom. The van der Waals surface area contributed by atoms with E-state index in [0.29, 0.717) is 0 Å². The second-order valence-corrected chi connectivity index (χ2v) is 4.59. The summed E-state index contributed by atoms with van der Waals surface area (Å²) in [5.74, 6) is 0. The van der Waals surface area contributed by atoms with Crippen LogP contribution in [0.3, 0.4) is 0 Å². The molecule has 18 heavy (non-hydrogen) atoms. The number of benzene rings is 2. The van der Waals surface area contributed by atoms with Gasteiger partial charge in [0.2, 0.25) is 0 Å². The molecule has 0 radical (unpaired) electrons. The first-order chi connectivity index (χ1) is 8.72. The molecular formula is C15H15N3. The average Bonchev–Trinajstić information content (AvgIpc) is 2.72. The Balaban J connectivity index is 2.01. The second kappa shape index (κ2) is 4.18. The van der Waals surface area contributed by atoms with Gasteiger partial charge in [0.25, 0.3) is 0 Å². The number of nitrogens with one attached hydrogen (secondary N) is 1. The maximum atomic E-state index is 4.36. The van der Waals surface area contributed by atoms with Crippen molar-refractivity contribution >= 4 is 16.7 Å². The maximum absolute atomic E-state index is 4.36. The van der Waals surface area contributed by atoms with Crippen LogP contribution in [0.15, 0.2) is 48.8 Å². The molecule has 0 saturated heterocycles. The minimum atomic E-state index is 0.995. The van der Waals surface area contributed by atoms with Crippen molar-refractivity contribution in [3.05, 3.63) is 59.9 Å². The normalized spacial score (nSPS) is 10.8. The minimum absolute atomic E-state index is 0.995. The van der Waals surface area contributed by atoms with Crippen molar-refractivity contribution < 1.29 is 0 Å². The Hall–Kier alpha value is -2.29. The highest BCUT2D eigenvalue weighted by atomic mass is 15.4. The molecule has 1 N–H and O–H groups in total. The number of anilines is 1. The quantitative estimate of drug-likeness (QED) is 0.739. The van der Waals surface area contributed by atoms with Crippen molar-refractivity contribution in [3.63, 3.8) is 0 Å². The van der Waals surface area contributed by atoms with Gasteiger partial charge in [-0.15, -0.1) is 0 Å². The number of hydrogen-bond acceptors (Lipinski definition) is 2. The molecule has 0 atom stereocenters. The fourth-order valence-electron chi connectivity index (χ4n) is 2.23. The summed E-state index contributed by atoms with van der Waals surface area (Å²) < 4.78 is 1.95. The molecule has 3 aromatic rings. The number of aromatic nitrogens is 2. The zero-order valence-electron chi connectivity index (χ0n) is 10.5. The lowest BCUT2D eigenvalue weighted by Crippen LogP contribution is -2.07. The molecule has 0 spiro atoms. The zero-order chi connectivity index (χ0) is 12.5. The molecule has 0 unspecified atom stereocenters. The van der Waals surface area contributed by atoms with Gasteiger partial charge in [-0.3, -0.25) is 5.43 Å². The molecular weight excluding hydrogens is 222 g/mol. The highest BCUT2D eigenvalue weighted by Crippen LogP contribution is 2.16. The highest BCUT2D eigenvalue weighted by Gasteiger charge is 2.02. The van der Waals surface area contributed by atoms with Crippen LogP contribution in [0.25, 0.3) is 11.0 Å². The molecule has 90 valence electrons. The largest absolute Gasteiger partial charge is 0.293 e. The van der Waals surface area contributed by atoms with Crippen LogP contribution in [0.5, 0.6) is 0 Å². The summed E-state index contributed by atoms with van der Waals surface area (Å²) in [5.41, 5.74) is 9.02. The van der Waals surface area contributed by atoms with E-state index in [9.17, 15) is 0 Å². The van der Waals surface area contributed by atoms with Gasteiger partial charge in [-0.05, 0) is 49.2 Å². The van der Waals surface area contributed by atoms with E-state index >= 15 is 0 Å². The van der Waals surface area contributed by atoms with Gasteiger partial charge in [0.15, 0.2) is 0 Å². The highest BCUT2D eigenvalue weighted by molar-refractivity contribution is 5.75. The van der Waals surface area contributed by atoms with Crippen molar-refractivity contribution in [2.45, 2.75) is 13.8 Å². The average molecular weight is 237 g/mol. The van der Waals surface area contributed by atoms with E-state index in [0.717, 1.165) is 16.7 Å². The molecule has 0 amide bonds. The van der Waals surface area contributed by atoms with E-state index in [1.807, 2.05) is 29.2 Å². The Bertz CT molecular complexity index is 678. The summed E-state index contributed by atoms with van der Waals surface area (Å²) in [4.78, 5) is 4.36. The summed E-state index contributed by atoms with van der Waals surface area (Å²) in [6.45, 7) is 4.20. The van der Waals surface area contributed by atoms with Crippen LogP contribution in [0, 0.1) is 13.8 Å². The van der Waals surface area contributed by atoms with Gasteiger partial charge in [-0.2, -0.15) is 0 Å². The third kappa shape index (κ3) is 1.95. The van der Waals surface area contributed by atoms with Crippen LogP contribution < -0.4 is 5.43 Å². The van der Waals surface area contributed by atoms with Crippen LogP contribution in [0.4, 0.5) is 5.69 Å². The Morgan fingerprint density at radius 2 is 1.72 bits per heavy atom. The fourth-order valence-corrected chi connectivity index (χ4v) is 2.23. The van der Waals surface area contributed by atoms with E-state index in [4.69, 9.17) is 0 Å². The maximum Gasteiger partial charge on any atom is 0.116 e. The first kappa shape index (κ1) is 10.8. The lowest BCUT2D eigenvalue weighted by molar-refractivity contribution is 0.987. The molecule has 1 heterocycles. The first-order valence-electron chi connectivity index (χ1n) is 6.00. The second-order valence-electron chi connectivity index (χ2n) is 4.59. The first-order valence-corrected chi connectivity index (χ1v) is 6.00. The zero-order valence-corrected chi connectivity index (χ0v) is 10.5. The fraction of sp³-hybridized carbons (Fsp3) is 0.133. The van der Waals surface area contributed by atoms with E-state index in [2.05, 4.69) is 48.5 Å². The minimum Gasteiger partial charge on any atom is -0.293 e. The van der Waals surface area contributed by atoms with E-state index in [1.54, 1.807) is 0 Å². The van der Waals surface area contributed by atoms with Crippen molar-refractivity contribution in [3.8, 4) is 0 Å². The smallest absolute Gasteiger partial charge is 0.116 e. The molecule has 0 aliphatic heterocycles. The number of aryl methyl sites for hydroxylation is 2. The van der Waals surface area contributed by atoms with Gasteiger partial charge in [-0.25, -0.2) is 9.66 Å². The predicted octanol–water partition coefficient (Wildman–Crippen LogP) is 3.53. The summed E-state index contributed by atoms with van der Waals surface area (Å²) in [5, 5.41) is 0. The standard InChI is InChI=1S/C15H15N3/c1-11-7-12(2)9-13(8-11)17-18-10-16-14-5-3-4-6-15(14)18/h3-10,17H,1-2H3. The van der Waals surface area contributed by atoms with Crippen molar-refractivity contribution in [2.75, 3.05) is 5.43 Å². The number of imidazole rings is 1. The molecule has 2 aromatic carbocycles. The molecule has 0 aliphatic carbocycles. The molecule has 3 rings (SSSR count). The van der Waals surface area contributed by atoms with Crippen LogP contribution in [0.2, 0.25) is 0 Å². The molecule has 3 heteroatoms. The number of rotatable bonds is 2. The number of hydrogen-bond donors (Lipinski definition) is 1. The van der Waals surface area contributed by atoms with Crippen LogP contribution in [0.1, 0.15) is 11.1 Å². The molecule has 0 bridgehead atoms. The van der Waals surface area contributed by atoms with Gasteiger partial charge in [-0.1, -0.05) is 18.2 Å². The lowest BCUT2D eigenvalue weighted by atomic mass is 10.1. The van der Waals surface area contributed by atoms with Gasteiger partial charge in [0.05, 0.1) is 16.7 Å². The predicted molar refractivity (Wildman–Crippen MR) is 74.7 cm³/mol. The SMILES string of the molecule is Cc1cc(C)cc(Nn2cnc3ccccc32)c1. The monoisotopic (exact) mass is 237 g/mol. The Labute approximate surface area is 106 Å². The van der Waals surface area contributed by atoms with Crippen LogP contribution in [-0.4, -0.2) is 9.66 Å². The molecule has 1 aromatic heterocycles. The van der Waals surface area contributed by atoms with Gasteiger partial charge in [0.1, 0.15) is 6.33 Å². The van der Waals surface area contributed by atoms with Crippen LogP contribution >= 0.6 is 0 Å². The third-order valence-electron chi connectivity index (χ3n) is 2.92. The van der Waals surface area contributed by atoms with Crippen molar-refractivity contribution in [1.29, 1.82) is 0 Å². The Kier molecular flexibility index (Phi) is 2.52. The lowest BCUT2D eigenvalue weighted by Gasteiger charge is -2.10. The summed E-state index contributed by atoms with van der Waals surface area (Å²) in [7, 11) is 0. The van der Waals surface area contributed by atoms with E-state index in [-0.39, 0.29) is 0 Å². The third-order valence-corrected chi connectivity index (χ3v) is 2.92. The van der Waals surface area contributed by atoms with Crippen molar-refractivity contribution in [2.24, 2.45) is 0 Å². The van der Waals surface area contributed by atoms with E-state index in [1.165, 1.54) is 11.1 Å². The summed E-state index contributed by atoms with van der Waals surface area (Å²) in [6, 6.07) is 14.5. The summed E-state index contributed by atoms with van der Waals surface area (Å²) in [6.07, 6.45) is 1.81. The topological polar surface area (TPSA) is 29.9 Å². The molecule has 3 nitrogen and oxygen atoms in total. The molecule has 0 aliphatic rings. The number of fused-ring (bicyclic) bond motifs is 1. The number of para-hydroxylation sites is 2. The summed E-state index contributed by atoms with van der Waals surface area (Å²) >= 11 is 0. The Morgan fingerprint density at radius 3 is 2.50 bits per heavy atom.